The number of carbonyl (C=O) groups excluding carboxylic acids is 1. The van der Waals surface area contributed by atoms with E-state index in [4.69, 9.17) is 11.5 Å². The SMILES string of the molecule is NC(N)=NC(=O)c1ccc2nc(C(F)(F)F)cc(-c3ccc(F)cc3F)c2c1. The van der Waals surface area contributed by atoms with Crippen LogP contribution in [0.15, 0.2) is 47.5 Å². The van der Waals surface area contributed by atoms with E-state index in [1.165, 1.54) is 12.1 Å². The van der Waals surface area contributed by atoms with Gasteiger partial charge in [-0.25, -0.2) is 13.8 Å². The van der Waals surface area contributed by atoms with Gasteiger partial charge in [-0.2, -0.15) is 18.2 Å². The van der Waals surface area contributed by atoms with Crippen molar-refractivity contribution in [1.29, 1.82) is 0 Å². The van der Waals surface area contributed by atoms with E-state index in [1.54, 1.807) is 0 Å². The Labute approximate surface area is 154 Å². The lowest BCUT2D eigenvalue weighted by molar-refractivity contribution is -0.140. The van der Waals surface area contributed by atoms with E-state index in [2.05, 4.69) is 9.98 Å². The maximum Gasteiger partial charge on any atom is 0.433 e. The summed E-state index contributed by atoms with van der Waals surface area (Å²) in [6.07, 6.45) is -4.80. The molecule has 0 spiro atoms. The van der Waals surface area contributed by atoms with Gasteiger partial charge in [0.05, 0.1) is 5.52 Å². The summed E-state index contributed by atoms with van der Waals surface area (Å²) in [6.45, 7) is 0. The third-order valence-electron chi connectivity index (χ3n) is 3.80. The van der Waals surface area contributed by atoms with Gasteiger partial charge in [-0.1, -0.05) is 0 Å². The molecule has 0 saturated heterocycles. The third kappa shape index (κ3) is 3.75. The van der Waals surface area contributed by atoms with Crippen molar-refractivity contribution in [2.75, 3.05) is 0 Å². The van der Waals surface area contributed by atoms with E-state index in [-0.39, 0.29) is 27.6 Å². The summed E-state index contributed by atoms with van der Waals surface area (Å²) in [6, 6.07) is 6.63. The van der Waals surface area contributed by atoms with Crippen LogP contribution in [0.5, 0.6) is 0 Å². The van der Waals surface area contributed by atoms with Crippen LogP contribution in [0.1, 0.15) is 16.1 Å². The fourth-order valence-corrected chi connectivity index (χ4v) is 2.62. The number of halogens is 5. The zero-order valence-corrected chi connectivity index (χ0v) is 13.9. The molecule has 0 radical (unpaired) electrons. The molecule has 3 rings (SSSR count). The van der Waals surface area contributed by atoms with Crippen LogP contribution in [0.25, 0.3) is 22.0 Å². The first-order chi connectivity index (χ1) is 13.1. The Kier molecular flexibility index (Phi) is 4.72. The van der Waals surface area contributed by atoms with Gasteiger partial charge in [0.15, 0.2) is 5.96 Å². The van der Waals surface area contributed by atoms with Crippen LogP contribution >= 0.6 is 0 Å². The van der Waals surface area contributed by atoms with Gasteiger partial charge in [0.1, 0.15) is 17.3 Å². The average molecular weight is 394 g/mol. The number of carbonyl (C=O) groups is 1. The van der Waals surface area contributed by atoms with Crippen molar-refractivity contribution in [2.45, 2.75) is 6.18 Å². The van der Waals surface area contributed by atoms with Crippen molar-refractivity contribution in [1.82, 2.24) is 4.98 Å². The maximum absolute atomic E-state index is 14.3. The fraction of sp³-hybridized carbons (Fsp3) is 0.0556. The number of guanidine groups is 1. The van der Waals surface area contributed by atoms with Gasteiger partial charge >= 0.3 is 6.18 Å². The van der Waals surface area contributed by atoms with Crippen LogP contribution in [-0.4, -0.2) is 16.9 Å². The minimum Gasteiger partial charge on any atom is -0.370 e. The monoisotopic (exact) mass is 394 g/mol. The fourth-order valence-electron chi connectivity index (χ4n) is 2.62. The number of pyridine rings is 1. The summed E-state index contributed by atoms with van der Waals surface area (Å²) in [4.78, 5) is 18.9. The summed E-state index contributed by atoms with van der Waals surface area (Å²) >= 11 is 0. The van der Waals surface area contributed by atoms with E-state index < -0.39 is 35.4 Å². The lowest BCUT2D eigenvalue weighted by atomic mass is 9.97. The molecule has 0 unspecified atom stereocenters. The molecule has 3 aromatic rings. The number of hydrogen-bond acceptors (Lipinski definition) is 2. The Balaban J connectivity index is 2.33. The highest BCUT2D eigenvalue weighted by Crippen LogP contribution is 2.36. The molecule has 28 heavy (non-hydrogen) atoms. The molecule has 0 atom stereocenters. The number of hydrogen-bond donors (Lipinski definition) is 2. The van der Waals surface area contributed by atoms with Crippen LogP contribution in [-0.2, 0) is 6.18 Å². The minimum atomic E-state index is -4.80. The number of nitrogens with zero attached hydrogens (tertiary/aromatic N) is 2. The second-order valence-corrected chi connectivity index (χ2v) is 5.75. The smallest absolute Gasteiger partial charge is 0.370 e. The average Bonchev–Trinajstić information content (AvgIpc) is 2.59. The summed E-state index contributed by atoms with van der Waals surface area (Å²) in [5, 5.41) is 0.0372. The number of nitrogens with two attached hydrogens (primary N) is 2. The highest BCUT2D eigenvalue weighted by molar-refractivity contribution is 6.05. The van der Waals surface area contributed by atoms with Crippen molar-refractivity contribution < 1.29 is 26.7 Å². The van der Waals surface area contributed by atoms with Crippen molar-refractivity contribution in [3.05, 3.63) is 65.4 Å². The normalized spacial score (nSPS) is 11.5. The highest BCUT2D eigenvalue weighted by Gasteiger charge is 2.33. The molecule has 144 valence electrons. The van der Waals surface area contributed by atoms with Crippen molar-refractivity contribution in [3.63, 3.8) is 0 Å². The molecule has 1 aromatic heterocycles. The van der Waals surface area contributed by atoms with Gasteiger partial charge in [0.25, 0.3) is 5.91 Å². The van der Waals surface area contributed by atoms with Gasteiger partial charge < -0.3 is 11.5 Å². The quantitative estimate of drug-likeness (QED) is 0.394. The second kappa shape index (κ2) is 6.87. The molecular weight excluding hydrogens is 383 g/mol. The number of alkyl halides is 3. The molecule has 2 aromatic carbocycles. The standard InChI is InChI=1S/C18H11F5N4O/c19-9-2-3-10(13(20)6-9)11-7-15(18(21,22)23)26-14-4-1-8(5-12(11)14)16(28)27-17(24)25/h1-7H,(H4,24,25,27,28). The first-order valence-electron chi connectivity index (χ1n) is 7.67. The van der Waals surface area contributed by atoms with E-state index in [0.29, 0.717) is 12.1 Å². The van der Waals surface area contributed by atoms with Gasteiger partial charge in [0, 0.05) is 22.6 Å². The van der Waals surface area contributed by atoms with Gasteiger partial charge in [-0.3, -0.25) is 4.79 Å². The molecule has 1 amide bonds. The molecule has 0 bridgehead atoms. The highest BCUT2D eigenvalue weighted by atomic mass is 19.4. The van der Waals surface area contributed by atoms with Crippen LogP contribution in [0, 0.1) is 11.6 Å². The topological polar surface area (TPSA) is 94.4 Å². The van der Waals surface area contributed by atoms with E-state index >= 15 is 0 Å². The predicted octanol–water partition coefficient (Wildman–Crippen LogP) is 3.61. The molecule has 0 aliphatic heterocycles. The molecule has 1 heterocycles. The van der Waals surface area contributed by atoms with Gasteiger partial charge in [-0.15, -0.1) is 0 Å². The molecule has 5 nitrogen and oxygen atoms in total. The number of aliphatic imine (C=N–C) groups is 1. The van der Waals surface area contributed by atoms with Gasteiger partial charge in [0.2, 0.25) is 0 Å². The van der Waals surface area contributed by atoms with E-state index in [1.807, 2.05) is 0 Å². The van der Waals surface area contributed by atoms with Crippen LogP contribution < -0.4 is 11.5 Å². The number of aromatic nitrogens is 1. The number of rotatable bonds is 2. The summed E-state index contributed by atoms with van der Waals surface area (Å²) in [5.74, 6) is -3.30. The lowest BCUT2D eigenvalue weighted by Crippen LogP contribution is -2.24. The number of benzene rings is 2. The maximum atomic E-state index is 14.3. The Hall–Kier alpha value is -3.56. The second-order valence-electron chi connectivity index (χ2n) is 5.75. The summed E-state index contributed by atoms with van der Waals surface area (Å²) in [5.41, 5.74) is 8.35. The Bertz CT molecular complexity index is 1120. The molecule has 0 aliphatic rings. The van der Waals surface area contributed by atoms with Crippen LogP contribution in [0.3, 0.4) is 0 Å². The zero-order valence-electron chi connectivity index (χ0n) is 13.9. The van der Waals surface area contributed by atoms with E-state index in [0.717, 1.165) is 18.2 Å². The number of amides is 1. The molecular formula is C18H11F5N4O. The Morgan fingerprint density at radius 3 is 2.29 bits per heavy atom. The lowest BCUT2D eigenvalue weighted by Gasteiger charge is -2.13. The summed E-state index contributed by atoms with van der Waals surface area (Å²) in [7, 11) is 0. The molecule has 0 aliphatic carbocycles. The van der Waals surface area contributed by atoms with Crippen molar-refractivity contribution in [2.24, 2.45) is 16.5 Å². The molecule has 0 fully saturated rings. The largest absolute Gasteiger partial charge is 0.433 e. The van der Waals surface area contributed by atoms with Crippen molar-refractivity contribution in [3.8, 4) is 11.1 Å². The minimum absolute atomic E-state index is 0.0372. The predicted molar refractivity (Wildman–Crippen MR) is 92.2 cm³/mol. The molecule has 0 saturated carbocycles. The van der Waals surface area contributed by atoms with Crippen LogP contribution in [0.2, 0.25) is 0 Å². The summed E-state index contributed by atoms with van der Waals surface area (Å²) < 4.78 is 67.1. The Morgan fingerprint density at radius 1 is 0.964 bits per heavy atom. The third-order valence-corrected chi connectivity index (χ3v) is 3.80. The van der Waals surface area contributed by atoms with Gasteiger partial charge in [-0.05, 0) is 42.0 Å². The van der Waals surface area contributed by atoms with Crippen LogP contribution in [0.4, 0.5) is 22.0 Å². The first-order valence-corrected chi connectivity index (χ1v) is 7.67. The van der Waals surface area contributed by atoms with E-state index in [9.17, 15) is 26.7 Å². The molecule has 4 N–H and O–H groups in total. The zero-order chi connectivity index (χ0) is 20.6. The first kappa shape index (κ1) is 19.2. The Morgan fingerprint density at radius 2 is 1.68 bits per heavy atom. The number of fused-ring (bicyclic) bond motifs is 1. The van der Waals surface area contributed by atoms with Crippen molar-refractivity contribution >= 4 is 22.8 Å². The molecule has 10 heteroatoms.